The first kappa shape index (κ1) is 21.0. The summed E-state index contributed by atoms with van der Waals surface area (Å²) in [7, 11) is 0. The van der Waals surface area contributed by atoms with Crippen LogP contribution in [0.15, 0.2) is 30.3 Å². The van der Waals surface area contributed by atoms with E-state index in [1.807, 2.05) is 30.3 Å². The van der Waals surface area contributed by atoms with Gasteiger partial charge in [0.25, 0.3) is 0 Å². The molecule has 6 nitrogen and oxygen atoms in total. The number of thioether (sulfide) groups is 1. The molecular formula is C18H25NO5S. The monoisotopic (exact) mass is 367 g/mol. The van der Waals surface area contributed by atoms with Crippen LogP contribution in [0.4, 0.5) is 4.79 Å². The fourth-order valence-corrected chi connectivity index (χ4v) is 2.77. The molecule has 1 rings (SSSR count). The molecule has 25 heavy (non-hydrogen) atoms. The standard InChI is InChI=1S/C18H25NO5S/c1-12(15(20)21)11-25-16(22)14(10-13-8-6-5-7-9-13)19-17(23)24-18(2,3)4/h5-9,12,14H,10-11H2,1-4H3,(H,19,23)(H,20,21). The van der Waals surface area contributed by atoms with Gasteiger partial charge in [-0.25, -0.2) is 4.79 Å². The summed E-state index contributed by atoms with van der Waals surface area (Å²) < 4.78 is 5.21. The van der Waals surface area contributed by atoms with Crippen molar-refractivity contribution in [2.24, 2.45) is 5.92 Å². The van der Waals surface area contributed by atoms with Crippen LogP contribution in [0.2, 0.25) is 0 Å². The Kier molecular flexibility index (Phi) is 7.96. The zero-order valence-electron chi connectivity index (χ0n) is 14.9. The van der Waals surface area contributed by atoms with Crippen molar-refractivity contribution < 1.29 is 24.2 Å². The van der Waals surface area contributed by atoms with E-state index in [0.717, 1.165) is 17.3 Å². The number of benzene rings is 1. The van der Waals surface area contributed by atoms with Crippen molar-refractivity contribution in [2.45, 2.75) is 45.8 Å². The van der Waals surface area contributed by atoms with Gasteiger partial charge in [-0.1, -0.05) is 49.0 Å². The molecule has 0 aliphatic carbocycles. The Morgan fingerprint density at radius 3 is 2.32 bits per heavy atom. The van der Waals surface area contributed by atoms with Crippen molar-refractivity contribution in [3.8, 4) is 0 Å². The van der Waals surface area contributed by atoms with Gasteiger partial charge in [-0.3, -0.25) is 9.59 Å². The first-order valence-electron chi connectivity index (χ1n) is 8.01. The lowest BCUT2D eigenvalue weighted by Gasteiger charge is -2.23. The van der Waals surface area contributed by atoms with Gasteiger partial charge in [0, 0.05) is 12.2 Å². The van der Waals surface area contributed by atoms with Crippen molar-refractivity contribution in [1.82, 2.24) is 5.32 Å². The van der Waals surface area contributed by atoms with E-state index in [4.69, 9.17) is 9.84 Å². The van der Waals surface area contributed by atoms with Crippen LogP contribution in [0.5, 0.6) is 0 Å². The third-order valence-corrected chi connectivity index (χ3v) is 4.39. The third kappa shape index (κ3) is 8.58. The van der Waals surface area contributed by atoms with E-state index < -0.39 is 29.6 Å². The number of amides is 1. The molecule has 0 bridgehead atoms. The van der Waals surface area contributed by atoms with Gasteiger partial charge < -0.3 is 15.2 Å². The molecule has 0 radical (unpaired) electrons. The molecule has 0 saturated heterocycles. The molecule has 7 heteroatoms. The normalized spacial score (nSPS) is 13.6. The maximum atomic E-state index is 12.5. The first-order valence-corrected chi connectivity index (χ1v) is 9.00. The molecule has 0 aromatic heterocycles. The van der Waals surface area contributed by atoms with E-state index in [9.17, 15) is 14.4 Å². The van der Waals surface area contributed by atoms with Gasteiger partial charge in [0.15, 0.2) is 0 Å². The van der Waals surface area contributed by atoms with E-state index in [1.165, 1.54) is 6.92 Å². The largest absolute Gasteiger partial charge is 0.481 e. The molecule has 1 amide bonds. The number of carbonyl (C=O) groups excluding carboxylic acids is 2. The fourth-order valence-electron chi connectivity index (χ4n) is 1.87. The Morgan fingerprint density at radius 2 is 1.80 bits per heavy atom. The molecule has 0 saturated carbocycles. The highest BCUT2D eigenvalue weighted by Crippen LogP contribution is 2.16. The van der Waals surface area contributed by atoms with Gasteiger partial charge in [0.2, 0.25) is 5.12 Å². The molecule has 0 spiro atoms. The molecule has 0 aliphatic heterocycles. The summed E-state index contributed by atoms with van der Waals surface area (Å²) >= 11 is 0.910. The lowest BCUT2D eigenvalue weighted by atomic mass is 10.1. The highest BCUT2D eigenvalue weighted by molar-refractivity contribution is 8.13. The van der Waals surface area contributed by atoms with Gasteiger partial charge in [0.05, 0.1) is 5.92 Å². The van der Waals surface area contributed by atoms with E-state index in [2.05, 4.69) is 5.32 Å². The zero-order valence-corrected chi connectivity index (χ0v) is 15.8. The van der Waals surface area contributed by atoms with Crippen LogP contribution >= 0.6 is 11.8 Å². The number of carboxylic acid groups (broad SMARTS) is 1. The number of hydrogen-bond acceptors (Lipinski definition) is 5. The van der Waals surface area contributed by atoms with Gasteiger partial charge >= 0.3 is 12.1 Å². The topological polar surface area (TPSA) is 92.7 Å². The minimum absolute atomic E-state index is 0.148. The lowest BCUT2D eigenvalue weighted by Crippen LogP contribution is -2.44. The van der Waals surface area contributed by atoms with Crippen molar-refractivity contribution >= 4 is 28.9 Å². The number of ether oxygens (including phenoxy) is 1. The van der Waals surface area contributed by atoms with E-state index in [-0.39, 0.29) is 10.9 Å². The Bertz CT molecular complexity index is 597. The summed E-state index contributed by atoms with van der Waals surface area (Å²) in [5, 5.41) is 11.2. The Morgan fingerprint density at radius 1 is 1.20 bits per heavy atom. The predicted octanol–water partition coefficient (Wildman–Crippen LogP) is 3.10. The first-order chi connectivity index (χ1) is 11.6. The van der Waals surface area contributed by atoms with Gasteiger partial charge in [0.1, 0.15) is 11.6 Å². The number of nitrogens with one attached hydrogen (secondary N) is 1. The van der Waals surface area contributed by atoms with Crippen LogP contribution in [0.25, 0.3) is 0 Å². The SMILES string of the molecule is CC(CSC(=O)C(Cc1ccccc1)NC(=O)OC(C)(C)C)C(=O)O. The molecule has 0 heterocycles. The Balaban J connectivity index is 2.77. The van der Waals surface area contributed by atoms with E-state index in [0.29, 0.717) is 6.42 Å². The highest BCUT2D eigenvalue weighted by Gasteiger charge is 2.26. The summed E-state index contributed by atoms with van der Waals surface area (Å²) in [6.45, 7) is 6.76. The van der Waals surface area contributed by atoms with Crippen LogP contribution in [-0.2, 0) is 20.7 Å². The van der Waals surface area contributed by atoms with Crippen LogP contribution in [0.3, 0.4) is 0 Å². The average Bonchev–Trinajstić information content (AvgIpc) is 2.50. The maximum absolute atomic E-state index is 12.5. The van der Waals surface area contributed by atoms with E-state index in [1.54, 1.807) is 20.8 Å². The smallest absolute Gasteiger partial charge is 0.408 e. The molecule has 2 atom stereocenters. The number of hydrogen-bond donors (Lipinski definition) is 2. The maximum Gasteiger partial charge on any atom is 0.408 e. The van der Waals surface area contributed by atoms with Gasteiger partial charge in [-0.05, 0) is 26.3 Å². The summed E-state index contributed by atoms with van der Waals surface area (Å²) in [4.78, 5) is 35.4. The highest BCUT2D eigenvalue weighted by atomic mass is 32.2. The van der Waals surface area contributed by atoms with Crippen LogP contribution in [-0.4, -0.2) is 39.7 Å². The number of alkyl carbamates (subject to hydrolysis) is 1. The second kappa shape index (κ2) is 9.46. The second-order valence-corrected chi connectivity index (χ2v) is 7.78. The second-order valence-electron chi connectivity index (χ2n) is 6.76. The summed E-state index contributed by atoms with van der Waals surface area (Å²) in [6.07, 6.45) is -0.360. The van der Waals surface area contributed by atoms with Crippen LogP contribution < -0.4 is 5.32 Å². The van der Waals surface area contributed by atoms with Gasteiger partial charge in [-0.15, -0.1) is 0 Å². The molecule has 2 N–H and O–H groups in total. The number of rotatable bonds is 7. The third-order valence-electron chi connectivity index (χ3n) is 3.16. The molecule has 1 aromatic rings. The minimum Gasteiger partial charge on any atom is -0.481 e. The summed E-state index contributed by atoms with van der Waals surface area (Å²) in [5.41, 5.74) is 0.221. The van der Waals surface area contributed by atoms with Crippen LogP contribution in [0.1, 0.15) is 33.3 Å². The number of aliphatic carboxylic acids is 1. The molecule has 0 fully saturated rings. The van der Waals surface area contributed by atoms with Crippen molar-refractivity contribution in [2.75, 3.05) is 5.75 Å². The van der Waals surface area contributed by atoms with Crippen molar-refractivity contribution in [3.63, 3.8) is 0 Å². The summed E-state index contributed by atoms with van der Waals surface area (Å²) in [5.74, 6) is -1.46. The van der Waals surface area contributed by atoms with Crippen LogP contribution in [0, 0.1) is 5.92 Å². The molecule has 138 valence electrons. The van der Waals surface area contributed by atoms with Crippen molar-refractivity contribution in [1.29, 1.82) is 0 Å². The molecule has 2 unspecified atom stereocenters. The minimum atomic E-state index is -0.958. The zero-order chi connectivity index (χ0) is 19.0. The fraction of sp³-hybridized carbons (Fsp3) is 0.500. The Labute approximate surface area is 152 Å². The van der Waals surface area contributed by atoms with Gasteiger partial charge in [-0.2, -0.15) is 0 Å². The van der Waals surface area contributed by atoms with Crippen molar-refractivity contribution in [3.05, 3.63) is 35.9 Å². The number of carboxylic acids is 1. The Hall–Kier alpha value is -2.02. The average molecular weight is 367 g/mol. The summed E-state index contributed by atoms with van der Waals surface area (Å²) in [6, 6.07) is 8.51. The predicted molar refractivity (Wildman–Crippen MR) is 97.6 cm³/mol. The molecule has 1 aromatic carbocycles. The quantitative estimate of drug-likeness (QED) is 0.769. The number of carbonyl (C=O) groups is 3. The lowest BCUT2D eigenvalue weighted by molar-refractivity contribution is -0.140. The molecule has 0 aliphatic rings. The van der Waals surface area contributed by atoms with E-state index >= 15 is 0 Å². The molecular weight excluding hydrogens is 342 g/mol.